The topological polar surface area (TPSA) is 35.9 Å². The maximum atomic E-state index is 6.21. The van der Waals surface area contributed by atoms with E-state index in [2.05, 4.69) is 148 Å². The zero-order chi connectivity index (χ0) is 33.5. The van der Waals surface area contributed by atoms with Gasteiger partial charge in [0, 0.05) is 0 Å². The second-order valence-electron chi connectivity index (χ2n) is 12.8. The number of hydrogen-bond acceptors (Lipinski definition) is 3. The Morgan fingerprint density at radius 3 is 2.10 bits per heavy atom. The monoisotopic (exact) mass is 925 g/mol. The molecule has 0 saturated heterocycles. The molecule has 0 spiro atoms. The van der Waals surface area contributed by atoms with Crippen molar-refractivity contribution in [2.24, 2.45) is 0 Å². The van der Waals surface area contributed by atoms with E-state index in [1.807, 2.05) is 41.9 Å². The van der Waals surface area contributed by atoms with Crippen LogP contribution in [0, 0.1) is 12.1 Å². The number of fused-ring (bicyclic) bond motifs is 9. The van der Waals surface area contributed by atoms with E-state index < -0.39 is 14.6 Å². The zero-order valence-electron chi connectivity index (χ0n) is 27.5. The summed E-state index contributed by atoms with van der Waals surface area (Å²) in [7, 11) is 0. The van der Waals surface area contributed by atoms with E-state index in [0.29, 0.717) is 0 Å². The Kier molecular flexibility index (Phi) is 7.57. The average Bonchev–Trinajstić information content (AvgIpc) is 3.94. The van der Waals surface area contributed by atoms with Gasteiger partial charge in [0.05, 0.1) is 0 Å². The molecule has 0 aliphatic rings. The van der Waals surface area contributed by atoms with Gasteiger partial charge in [0.15, 0.2) is 0 Å². The number of para-hydroxylation sites is 2. The molecule has 247 valence electrons. The van der Waals surface area contributed by atoms with Crippen LogP contribution < -0.4 is 8.79 Å². The molecule has 5 heterocycles. The molecule has 0 aliphatic carbocycles. The van der Waals surface area contributed by atoms with Crippen LogP contribution in [0.3, 0.4) is 0 Å². The van der Waals surface area contributed by atoms with E-state index >= 15 is 0 Å². The Labute approximate surface area is 322 Å². The number of aromatic nitrogens is 3. The van der Waals surface area contributed by atoms with Crippen LogP contribution in [0.4, 0.5) is 0 Å². The fourth-order valence-electron chi connectivity index (χ4n) is 7.67. The van der Waals surface area contributed by atoms with Crippen LogP contribution in [0.1, 0.15) is 0 Å². The molecule has 11 rings (SSSR count). The van der Waals surface area contributed by atoms with Crippen LogP contribution in [0.15, 0.2) is 162 Å². The van der Waals surface area contributed by atoms with Gasteiger partial charge in [-0.3, -0.25) is 0 Å². The normalized spacial score (nSPS) is 11.9. The summed E-state index contributed by atoms with van der Waals surface area (Å²) in [4.78, 5) is 5.69. The van der Waals surface area contributed by atoms with Gasteiger partial charge in [0.2, 0.25) is 0 Å². The molecule has 0 aliphatic heterocycles. The van der Waals surface area contributed by atoms with Crippen LogP contribution in [0.2, 0.25) is 0 Å². The molecule has 0 saturated carbocycles. The molecule has 0 fully saturated rings. The van der Waals surface area contributed by atoms with Gasteiger partial charge in [-0.25, -0.2) is 0 Å². The predicted molar refractivity (Wildman–Crippen MR) is 213 cm³/mol. The SMILES string of the molecule is [Pt+2].[c-]1ccccc1-c1[c-]c2c(-n3c4ccccc4c4cc5sc6c7ccccc7[n]([Ge]([c]7ccccc7)[c]7ccccc7)c6c5nc43)coc2cc1. The molecular formula is C45H26GeN3OPtS. The third kappa shape index (κ3) is 4.73. The molecule has 0 bridgehead atoms. The van der Waals surface area contributed by atoms with Crippen molar-refractivity contribution in [1.82, 2.24) is 13.1 Å². The van der Waals surface area contributed by atoms with Crippen molar-refractivity contribution in [2.45, 2.75) is 0 Å². The summed E-state index contributed by atoms with van der Waals surface area (Å²) < 4.78 is 16.4. The number of benzene rings is 6. The first-order valence-corrected chi connectivity index (χ1v) is 20.8. The molecule has 5 aromatic heterocycles. The van der Waals surface area contributed by atoms with Crippen LogP contribution in [0.25, 0.3) is 81.1 Å². The molecule has 7 heteroatoms. The minimum absolute atomic E-state index is 0. The second kappa shape index (κ2) is 12.5. The predicted octanol–water partition coefficient (Wildman–Crippen LogP) is 10.2. The summed E-state index contributed by atoms with van der Waals surface area (Å²) in [5.74, 6) is 0. The van der Waals surface area contributed by atoms with E-state index in [0.717, 1.165) is 55.2 Å². The van der Waals surface area contributed by atoms with E-state index in [-0.39, 0.29) is 21.1 Å². The van der Waals surface area contributed by atoms with Gasteiger partial charge in [-0.05, 0) is 0 Å². The van der Waals surface area contributed by atoms with Crippen molar-refractivity contribution in [3.05, 3.63) is 170 Å². The first kappa shape index (κ1) is 31.5. The van der Waals surface area contributed by atoms with Crippen LogP contribution in [0.5, 0.6) is 0 Å². The summed E-state index contributed by atoms with van der Waals surface area (Å²) in [6.45, 7) is 0. The Hall–Kier alpha value is -5.20. The standard InChI is InChI=1S/C45H26GeN3OS.Pt/c1-4-14-29(15-5-1)30-24-25-40-36(26-30)39(28-50-40)48-37-22-12-10-20-33(37)35-27-41-42(47-45(35)48)43-44(51-41)34-21-11-13-23-38(34)49(43)46(31-16-6-2-7-17-31)32-18-8-3-9-19-32;/h1-14,16-25,27-28H;/q-2;+2. The molecule has 11 aromatic rings. The Morgan fingerprint density at radius 1 is 0.654 bits per heavy atom. The number of thiophene rings is 1. The van der Waals surface area contributed by atoms with Gasteiger partial charge in [-0.15, -0.1) is 6.07 Å². The summed E-state index contributed by atoms with van der Waals surface area (Å²) >= 11 is -0.536. The van der Waals surface area contributed by atoms with Crippen LogP contribution in [-0.2, 0) is 21.1 Å². The molecule has 0 atom stereocenters. The van der Waals surface area contributed by atoms with Gasteiger partial charge < -0.3 is 0 Å². The summed E-state index contributed by atoms with van der Waals surface area (Å²) in [5, 5.41) is 4.49. The number of nitrogens with zero attached hydrogens (tertiary/aromatic N) is 3. The molecule has 52 heavy (non-hydrogen) atoms. The van der Waals surface area contributed by atoms with Crippen LogP contribution >= 0.6 is 11.3 Å². The number of furan rings is 1. The van der Waals surface area contributed by atoms with Crippen LogP contribution in [-0.4, -0.2) is 27.6 Å². The molecule has 0 unspecified atom stereocenters. The molecule has 1 radical (unpaired) electrons. The van der Waals surface area contributed by atoms with E-state index in [9.17, 15) is 0 Å². The van der Waals surface area contributed by atoms with Gasteiger partial charge in [-0.2, -0.15) is 12.1 Å². The minimum atomic E-state index is -2.39. The second-order valence-corrected chi connectivity index (χ2v) is 18.7. The van der Waals surface area contributed by atoms with Crippen molar-refractivity contribution in [2.75, 3.05) is 0 Å². The van der Waals surface area contributed by atoms with E-state index in [1.54, 1.807) is 0 Å². The third-order valence-electron chi connectivity index (χ3n) is 9.90. The first-order chi connectivity index (χ1) is 25.3. The number of pyridine rings is 1. The Balaban J connectivity index is 0.00000338. The fourth-order valence-corrected chi connectivity index (χ4v) is 14.8. The maximum absolute atomic E-state index is 6.21. The summed E-state index contributed by atoms with van der Waals surface area (Å²) in [5.41, 5.74) is 9.22. The first-order valence-electron chi connectivity index (χ1n) is 17.0. The number of rotatable bonds is 5. The van der Waals surface area contributed by atoms with Gasteiger partial charge in [0.25, 0.3) is 0 Å². The molecule has 0 amide bonds. The van der Waals surface area contributed by atoms with Crippen molar-refractivity contribution >= 4 is 98.9 Å². The third-order valence-corrected chi connectivity index (χ3v) is 16.7. The zero-order valence-corrected chi connectivity index (χ0v) is 32.7. The molecule has 4 nitrogen and oxygen atoms in total. The van der Waals surface area contributed by atoms with Crippen molar-refractivity contribution in [3.8, 4) is 16.8 Å². The molecule has 6 aromatic carbocycles. The van der Waals surface area contributed by atoms with Gasteiger partial charge in [0.1, 0.15) is 0 Å². The summed E-state index contributed by atoms with van der Waals surface area (Å²) in [6.07, 6.45) is 1.85. The number of hydrogen-bond donors (Lipinski definition) is 0. The summed E-state index contributed by atoms with van der Waals surface area (Å²) in [6, 6.07) is 61.2. The quantitative estimate of drug-likeness (QED) is 0.127. The molecular weight excluding hydrogens is 898 g/mol. The van der Waals surface area contributed by atoms with Crippen molar-refractivity contribution in [1.29, 1.82) is 0 Å². The molecule has 0 N–H and O–H groups in total. The average molecular weight is 924 g/mol. The fraction of sp³-hybridized carbons (Fsp3) is 0. The van der Waals surface area contributed by atoms with E-state index in [1.165, 1.54) is 34.6 Å². The van der Waals surface area contributed by atoms with E-state index in [4.69, 9.17) is 9.40 Å². The Morgan fingerprint density at radius 2 is 1.35 bits per heavy atom. The van der Waals surface area contributed by atoms with Gasteiger partial charge in [-0.1, -0.05) is 0 Å². The van der Waals surface area contributed by atoms with Crippen molar-refractivity contribution < 1.29 is 25.5 Å². The Bertz CT molecular complexity index is 3050. The van der Waals surface area contributed by atoms with Gasteiger partial charge >= 0.3 is 306 Å². The van der Waals surface area contributed by atoms with Crippen molar-refractivity contribution in [3.63, 3.8) is 0 Å².